The van der Waals surface area contributed by atoms with Gasteiger partial charge in [-0.25, -0.2) is 4.79 Å². The number of carbonyl (C=O) groups is 4. The van der Waals surface area contributed by atoms with Gasteiger partial charge in [0, 0.05) is 60.6 Å². The highest BCUT2D eigenvalue weighted by atomic mass is 16.4. The van der Waals surface area contributed by atoms with Crippen molar-refractivity contribution in [2.75, 3.05) is 27.0 Å². The molecule has 0 radical (unpaired) electrons. The van der Waals surface area contributed by atoms with Crippen LogP contribution in [0, 0.1) is 0 Å². The minimum absolute atomic E-state index is 0.0239. The van der Waals surface area contributed by atoms with E-state index in [0.29, 0.717) is 32.2 Å². The maximum absolute atomic E-state index is 12.7. The Kier molecular flexibility index (Phi) is 12.7. The van der Waals surface area contributed by atoms with Crippen molar-refractivity contribution in [1.82, 2.24) is 4.90 Å². The lowest BCUT2D eigenvalue weighted by atomic mass is 9.90. The van der Waals surface area contributed by atoms with Crippen LogP contribution < -0.4 is 20.4 Å². The SMILES string of the molecule is CCC(=O)N1c2ccccc2C(N(CCCCCCCC(=O)Nc2ccc(N[C@@H]3C[C@H](C)N(C(=O)CC)c4ccccc43)cc2)C(=O)O)CC1C. The van der Waals surface area contributed by atoms with E-state index in [0.717, 1.165) is 72.4 Å². The molecule has 10 nitrogen and oxygen atoms in total. The summed E-state index contributed by atoms with van der Waals surface area (Å²) in [5.74, 6) is 0.155. The fourth-order valence-corrected chi connectivity index (χ4v) is 7.68. The zero-order valence-corrected chi connectivity index (χ0v) is 30.4. The number of rotatable bonds is 14. The number of hydrogen-bond acceptors (Lipinski definition) is 5. The number of fused-ring (bicyclic) bond motifs is 2. The second-order valence-electron chi connectivity index (χ2n) is 13.9. The number of benzene rings is 3. The summed E-state index contributed by atoms with van der Waals surface area (Å²) >= 11 is 0. The Morgan fingerprint density at radius 2 is 1.24 bits per heavy atom. The van der Waals surface area contributed by atoms with Crippen molar-refractivity contribution in [1.29, 1.82) is 0 Å². The fourth-order valence-electron chi connectivity index (χ4n) is 7.68. The molecule has 0 aliphatic carbocycles. The Bertz CT molecular complexity index is 1680. The van der Waals surface area contributed by atoms with Gasteiger partial charge in [-0.1, -0.05) is 69.5 Å². The summed E-state index contributed by atoms with van der Waals surface area (Å²) < 4.78 is 0. The summed E-state index contributed by atoms with van der Waals surface area (Å²) in [6.07, 6.45) is 5.92. The second-order valence-corrected chi connectivity index (χ2v) is 13.9. The van der Waals surface area contributed by atoms with Crippen molar-refractivity contribution in [2.45, 2.75) is 116 Å². The van der Waals surface area contributed by atoms with Crippen LogP contribution in [0.4, 0.5) is 27.5 Å². The minimum atomic E-state index is -0.942. The van der Waals surface area contributed by atoms with Gasteiger partial charge in [0.2, 0.25) is 17.7 Å². The number of nitrogens with one attached hydrogen (secondary N) is 2. The largest absolute Gasteiger partial charge is 0.465 e. The molecule has 10 heteroatoms. The Morgan fingerprint density at radius 1 is 0.706 bits per heavy atom. The zero-order valence-electron chi connectivity index (χ0n) is 30.4. The van der Waals surface area contributed by atoms with Crippen LogP contribution >= 0.6 is 0 Å². The predicted molar refractivity (Wildman–Crippen MR) is 203 cm³/mol. The van der Waals surface area contributed by atoms with Gasteiger partial charge < -0.3 is 30.4 Å². The first-order valence-electron chi connectivity index (χ1n) is 18.6. The fraction of sp³-hybridized carbons (Fsp3) is 0.463. The second kappa shape index (κ2) is 17.4. The number of amides is 4. The molecule has 0 saturated carbocycles. The molecule has 4 atom stereocenters. The number of hydrogen-bond donors (Lipinski definition) is 3. The third-order valence-corrected chi connectivity index (χ3v) is 10.2. The smallest absolute Gasteiger partial charge is 0.407 e. The molecule has 3 aromatic carbocycles. The van der Waals surface area contributed by atoms with Crippen molar-refractivity contribution in [3.8, 4) is 0 Å². The van der Waals surface area contributed by atoms with Crippen LogP contribution in [0.2, 0.25) is 0 Å². The zero-order chi connectivity index (χ0) is 36.5. The van der Waals surface area contributed by atoms with Crippen LogP contribution in [0.5, 0.6) is 0 Å². The van der Waals surface area contributed by atoms with E-state index < -0.39 is 6.09 Å². The molecular weight excluding hydrogens is 642 g/mol. The lowest BCUT2D eigenvalue weighted by molar-refractivity contribution is -0.119. The van der Waals surface area contributed by atoms with E-state index in [1.54, 1.807) is 0 Å². The maximum Gasteiger partial charge on any atom is 0.407 e. The average molecular weight is 696 g/mol. The van der Waals surface area contributed by atoms with Crippen LogP contribution in [-0.2, 0) is 14.4 Å². The first-order chi connectivity index (χ1) is 24.6. The lowest BCUT2D eigenvalue weighted by Gasteiger charge is -2.42. The molecule has 2 aliphatic heterocycles. The summed E-state index contributed by atoms with van der Waals surface area (Å²) in [6, 6.07) is 23.3. The standard InChI is InChI=1S/C41H53N5O5/c1-5-39(48)45-28(3)26-34(32-16-11-13-18-35(32)45)42-30-21-23-31(24-22-30)43-38(47)20-10-8-7-9-15-25-44(41(50)51)37-27-29(4)46(40(49)6-2)36-19-14-12-17-33(36)37/h11-14,16-19,21-24,28-29,34,37,42H,5-10,15,20,25-27H2,1-4H3,(H,43,47)(H,50,51)/t28-,29?,34+,37?/m0/s1. The van der Waals surface area contributed by atoms with E-state index in [9.17, 15) is 24.3 Å². The number of carbonyl (C=O) groups excluding carboxylic acids is 3. The summed E-state index contributed by atoms with van der Waals surface area (Å²) in [4.78, 5) is 55.7. The highest BCUT2D eigenvalue weighted by molar-refractivity contribution is 5.96. The molecule has 272 valence electrons. The van der Waals surface area contributed by atoms with Crippen LogP contribution in [0.15, 0.2) is 72.8 Å². The van der Waals surface area contributed by atoms with Crippen LogP contribution in [0.1, 0.15) is 115 Å². The molecule has 0 fully saturated rings. The number of nitrogens with zero attached hydrogens (tertiary/aromatic N) is 3. The number of anilines is 4. The third kappa shape index (κ3) is 8.90. The van der Waals surface area contributed by atoms with Gasteiger partial charge in [0.25, 0.3) is 0 Å². The summed E-state index contributed by atoms with van der Waals surface area (Å²) in [7, 11) is 0. The number of para-hydroxylation sites is 2. The van der Waals surface area contributed by atoms with Gasteiger partial charge in [0.1, 0.15) is 0 Å². The summed E-state index contributed by atoms with van der Waals surface area (Å²) in [5, 5.41) is 16.8. The van der Waals surface area contributed by atoms with Gasteiger partial charge >= 0.3 is 6.09 Å². The van der Waals surface area contributed by atoms with Crippen LogP contribution in [-0.4, -0.2) is 52.4 Å². The molecule has 4 amide bonds. The van der Waals surface area contributed by atoms with E-state index in [1.807, 2.05) is 97.3 Å². The molecule has 0 aromatic heterocycles. The molecule has 0 bridgehead atoms. The van der Waals surface area contributed by atoms with Crippen molar-refractivity contribution < 1.29 is 24.3 Å². The topological polar surface area (TPSA) is 122 Å². The van der Waals surface area contributed by atoms with Crippen molar-refractivity contribution >= 4 is 46.6 Å². The highest BCUT2D eigenvalue weighted by Crippen LogP contribution is 2.41. The average Bonchev–Trinajstić information content (AvgIpc) is 3.12. The Morgan fingerprint density at radius 3 is 1.86 bits per heavy atom. The van der Waals surface area contributed by atoms with Crippen molar-refractivity contribution in [3.05, 3.63) is 83.9 Å². The molecular formula is C41H53N5O5. The minimum Gasteiger partial charge on any atom is -0.465 e. The van der Waals surface area contributed by atoms with E-state index >= 15 is 0 Å². The Hall–Kier alpha value is -4.86. The van der Waals surface area contributed by atoms with Crippen molar-refractivity contribution in [2.24, 2.45) is 0 Å². The van der Waals surface area contributed by atoms with E-state index in [1.165, 1.54) is 4.90 Å². The Balaban J connectivity index is 1.04. The third-order valence-electron chi connectivity index (χ3n) is 10.2. The van der Waals surface area contributed by atoms with E-state index in [2.05, 4.69) is 23.6 Å². The molecule has 2 heterocycles. The van der Waals surface area contributed by atoms with Gasteiger partial charge in [-0.2, -0.15) is 0 Å². The molecule has 3 N–H and O–H groups in total. The molecule has 0 spiro atoms. The molecule has 2 unspecified atom stereocenters. The summed E-state index contributed by atoms with van der Waals surface area (Å²) in [6.45, 7) is 8.25. The quantitative estimate of drug-likeness (QED) is 0.145. The normalized spacial score (nSPS) is 19.5. The lowest BCUT2D eigenvalue weighted by Crippen LogP contribution is -2.47. The molecule has 0 saturated heterocycles. The monoisotopic (exact) mass is 695 g/mol. The summed E-state index contributed by atoms with van der Waals surface area (Å²) in [5.41, 5.74) is 5.47. The van der Waals surface area contributed by atoms with Gasteiger partial charge in [-0.3, -0.25) is 14.4 Å². The number of unbranched alkanes of at least 4 members (excludes halogenated alkanes) is 4. The van der Waals surface area contributed by atoms with Gasteiger partial charge in [0.15, 0.2) is 0 Å². The van der Waals surface area contributed by atoms with Crippen molar-refractivity contribution in [3.63, 3.8) is 0 Å². The van der Waals surface area contributed by atoms with Gasteiger partial charge in [0.05, 0.1) is 12.1 Å². The van der Waals surface area contributed by atoms with Gasteiger partial charge in [-0.05, 0) is 87.1 Å². The van der Waals surface area contributed by atoms with Crippen LogP contribution in [0.25, 0.3) is 0 Å². The van der Waals surface area contributed by atoms with Gasteiger partial charge in [-0.15, -0.1) is 0 Å². The molecule has 3 aromatic rings. The molecule has 2 aliphatic rings. The highest BCUT2D eigenvalue weighted by Gasteiger charge is 2.37. The first-order valence-corrected chi connectivity index (χ1v) is 18.6. The first kappa shape index (κ1) is 37.4. The van der Waals surface area contributed by atoms with E-state index in [-0.39, 0.29) is 41.9 Å². The van der Waals surface area contributed by atoms with E-state index in [4.69, 9.17) is 0 Å². The van der Waals surface area contributed by atoms with Crippen LogP contribution in [0.3, 0.4) is 0 Å². The molecule has 51 heavy (non-hydrogen) atoms. The number of carboxylic acid groups (broad SMARTS) is 1. The Labute approximate surface area is 302 Å². The maximum atomic E-state index is 12.7. The predicted octanol–water partition coefficient (Wildman–Crippen LogP) is 8.91. The molecule has 5 rings (SSSR count).